The van der Waals surface area contributed by atoms with Gasteiger partial charge in [0.2, 0.25) is 0 Å². The van der Waals surface area contributed by atoms with Gasteiger partial charge in [-0.1, -0.05) is 0 Å². The number of halogens is 3. The van der Waals surface area contributed by atoms with Crippen LogP contribution in [0.3, 0.4) is 0 Å². The second-order valence-corrected chi connectivity index (χ2v) is 7.40. The lowest BCUT2D eigenvalue weighted by molar-refractivity contribution is -0.144. The van der Waals surface area contributed by atoms with Crippen LogP contribution in [0.2, 0.25) is 0 Å². The van der Waals surface area contributed by atoms with E-state index in [1.807, 2.05) is 7.05 Å². The van der Waals surface area contributed by atoms with Crippen molar-refractivity contribution in [3.05, 3.63) is 34.7 Å². The Labute approximate surface area is 150 Å². The van der Waals surface area contributed by atoms with Gasteiger partial charge in [0.25, 0.3) is 0 Å². The van der Waals surface area contributed by atoms with Crippen LogP contribution in [0.25, 0.3) is 0 Å². The van der Waals surface area contributed by atoms with E-state index in [-0.39, 0.29) is 18.2 Å². The minimum Gasteiger partial charge on any atom is -0.334 e. The summed E-state index contributed by atoms with van der Waals surface area (Å²) >= 11 is 0. The number of nitrogens with zero attached hydrogens (tertiary/aromatic N) is 5. The van der Waals surface area contributed by atoms with Crippen LogP contribution in [-0.4, -0.2) is 30.8 Å². The van der Waals surface area contributed by atoms with Crippen LogP contribution < -0.4 is 0 Å². The van der Waals surface area contributed by atoms with Crippen molar-refractivity contribution in [1.82, 2.24) is 24.2 Å². The molecule has 4 rings (SSSR count). The average Bonchev–Trinajstić information content (AvgIpc) is 3.26. The standard InChI is InChI=1S/C18H24F3N5/c1-24-14-7-4-3-6-13(14)23-17(24)15-8-5-9-26(15)11-12-10-22-25(2)16(12)18(19,20)21/h10,15H,3-9,11H2,1-2H3. The van der Waals surface area contributed by atoms with Crippen LogP contribution >= 0.6 is 0 Å². The largest absolute Gasteiger partial charge is 0.433 e. The van der Waals surface area contributed by atoms with Crippen molar-refractivity contribution in [2.75, 3.05) is 6.54 Å². The van der Waals surface area contributed by atoms with Crippen molar-refractivity contribution in [2.45, 2.75) is 57.3 Å². The molecule has 1 atom stereocenters. The van der Waals surface area contributed by atoms with Crippen molar-refractivity contribution in [3.63, 3.8) is 0 Å². The van der Waals surface area contributed by atoms with Gasteiger partial charge in [-0.15, -0.1) is 0 Å². The van der Waals surface area contributed by atoms with E-state index in [2.05, 4.69) is 14.6 Å². The molecule has 3 heterocycles. The van der Waals surface area contributed by atoms with E-state index in [1.54, 1.807) is 0 Å². The molecule has 1 aliphatic carbocycles. The Balaban J connectivity index is 1.62. The molecule has 142 valence electrons. The summed E-state index contributed by atoms with van der Waals surface area (Å²) in [5.41, 5.74) is 2.07. The maximum Gasteiger partial charge on any atom is 0.433 e. The minimum absolute atomic E-state index is 0.0758. The third kappa shape index (κ3) is 2.94. The maximum absolute atomic E-state index is 13.4. The molecule has 2 aliphatic rings. The molecule has 2 aromatic rings. The predicted molar refractivity (Wildman–Crippen MR) is 90.4 cm³/mol. The topological polar surface area (TPSA) is 38.9 Å². The van der Waals surface area contributed by atoms with Gasteiger partial charge in [-0.05, 0) is 45.1 Å². The van der Waals surface area contributed by atoms with Crippen molar-refractivity contribution < 1.29 is 13.2 Å². The zero-order valence-corrected chi connectivity index (χ0v) is 15.2. The number of likely N-dealkylation sites (tertiary alicyclic amines) is 1. The Hall–Kier alpha value is -1.83. The Morgan fingerprint density at radius 1 is 1.15 bits per heavy atom. The molecule has 0 radical (unpaired) electrons. The van der Waals surface area contributed by atoms with Gasteiger partial charge in [-0.2, -0.15) is 18.3 Å². The first-order valence-electron chi connectivity index (χ1n) is 9.22. The van der Waals surface area contributed by atoms with Crippen LogP contribution in [0.1, 0.15) is 60.2 Å². The van der Waals surface area contributed by atoms with Crippen molar-refractivity contribution in [3.8, 4) is 0 Å². The smallest absolute Gasteiger partial charge is 0.334 e. The molecule has 2 aromatic heterocycles. The highest BCUT2D eigenvalue weighted by Gasteiger charge is 2.39. The SMILES string of the molecule is Cn1ncc(CN2CCCC2c2nc3c(n2C)CCCC3)c1C(F)(F)F. The normalized spacial score (nSPS) is 21.3. The molecule has 0 spiro atoms. The first-order chi connectivity index (χ1) is 12.4. The number of aryl methyl sites for hydroxylation is 2. The van der Waals surface area contributed by atoms with E-state index >= 15 is 0 Å². The van der Waals surface area contributed by atoms with Crippen molar-refractivity contribution >= 4 is 0 Å². The summed E-state index contributed by atoms with van der Waals surface area (Å²) in [5, 5.41) is 3.84. The quantitative estimate of drug-likeness (QED) is 0.835. The monoisotopic (exact) mass is 367 g/mol. The van der Waals surface area contributed by atoms with Gasteiger partial charge in [0.1, 0.15) is 11.5 Å². The van der Waals surface area contributed by atoms with Crippen molar-refractivity contribution in [2.24, 2.45) is 14.1 Å². The molecular weight excluding hydrogens is 343 g/mol. The average molecular weight is 367 g/mol. The summed E-state index contributed by atoms with van der Waals surface area (Å²) in [4.78, 5) is 7.00. The zero-order valence-electron chi connectivity index (χ0n) is 15.2. The third-order valence-electron chi connectivity index (χ3n) is 5.73. The number of fused-ring (bicyclic) bond motifs is 1. The highest BCUT2D eigenvalue weighted by molar-refractivity contribution is 5.24. The lowest BCUT2D eigenvalue weighted by atomic mass is 10.0. The Morgan fingerprint density at radius 3 is 2.65 bits per heavy atom. The second kappa shape index (κ2) is 6.40. The Morgan fingerprint density at radius 2 is 1.92 bits per heavy atom. The summed E-state index contributed by atoms with van der Waals surface area (Å²) in [6.45, 7) is 1.04. The van der Waals surface area contributed by atoms with E-state index in [4.69, 9.17) is 4.98 Å². The maximum atomic E-state index is 13.4. The summed E-state index contributed by atoms with van der Waals surface area (Å²) in [7, 11) is 3.40. The molecular formula is C18H24F3N5. The predicted octanol–water partition coefficient (Wildman–Crippen LogP) is 3.39. The minimum atomic E-state index is -4.39. The summed E-state index contributed by atoms with van der Waals surface area (Å²) in [5.74, 6) is 1.01. The van der Waals surface area contributed by atoms with Gasteiger partial charge in [0, 0.05) is 31.9 Å². The van der Waals surface area contributed by atoms with Crippen LogP contribution in [0.5, 0.6) is 0 Å². The number of aromatic nitrogens is 4. The van der Waals surface area contributed by atoms with Gasteiger partial charge in [0.15, 0.2) is 0 Å². The molecule has 26 heavy (non-hydrogen) atoms. The number of imidazole rings is 1. The van der Waals surface area contributed by atoms with Crippen LogP contribution in [0.4, 0.5) is 13.2 Å². The van der Waals surface area contributed by atoms with E-state index in [0.29, 0.717) is 0 Å². The molecule has 1 fully saturated rings. The lowest BCUT2D eigenvalue weighted by Crippen LogP contribution is -2.26. The van der Waals surface area contributed by atoms with Gasteiger partial charge in [-0.3, -0.25) is 9.58 Å². The highest BCUT2D eigenvalue weighted by atomic mass is 19.4. The second-order valence-electron chi connectivity index (χ2n) is 7.40. The fraction of sp³-hybridized carbons (Fsp3) is 0.667. The number of hydrogen-bond donors (Lipinski definition) is 0. The summed E-state index contributed by atoms with van der Waals surface area (Å²) < 4.78 is 43.2. The van der Waals surface area contributed by atoms with Gasteiger partial charge < -0.3 is 4.57 Å². The van der Waals surface area contributed by atoms with E-state index in [1.165, 1.54) is 37.5 Å². The zero-order chi connectivity index (χ0) is 18.5. The van der Waals surface area contributed by atoms with E-state index < -0.39 is 11.9 Å². The first kappa shape index (κ1) is 17.6. The van der Waals surface area contributed by atoms with Gasteiger partial charge in [0.05, 0.1) is 17.9 Å². The third-order valence-corrected chi connectivity index (χ3v) is 5.73. The molecule has 1 unspecified atom stereocenters. The number of hydrogen-bond acceptors (Lipinski definition) is 3. The van der Waals surface area contributed by atoms with Crippen LogP contribution in [0, 0.1) is 0 Å². The van der Waals surface area contributed by atoms with Crippen LogP contribution in [-0.2, 0) is 39.7 Å². The molecule has 0 amide bonds. The lowest BCUT2D eigenvalue weighted by Gasteiger charge is -2.24. The molecule has 1 aliphatic heterocycles. The highest BCUT2D eigenvalue weighted by Crippen LogP contribution is 2.37. The molecule has 5 nitrogen and oxygen atoms in total. The molecule has 1 saturated heterocycles. The molecule has 0 N–H and O–H groups in total. The van der Waals surface area contributed by atoms with E-state index in [0.717, 1.165) is 42.7 Å². The molecule has 8 heteroatoms. The van der Waals surface area contributed by atoms with Gasteiger partial charge in [-0.25, -0.2) is 4.98 Å². The summed E-state index contributed by atoms with van der Waals surface area (Å²) in [6, 6.07) is 0.0758. The van der Waals surface area contributed by atoms with Gasteiger partial charge >= 0.3 is 6.18 Å². The fourth-order valence-corrected chi connectivity index (χ4v) is 4.50. The molecule has 0 aromatic carbocycles. The molecule has 0 saturated carbocycles. The number of alkyl halides is 3. The van der Waals surface area contributed by atoms with Crippen LogP contribution in [0.15, 0.2) is 6.20 Å². The Kier molecular flexibility index (Phi) is 4.33. The number of rotatable bonds is 3. The first-order valence-corrected chi connectivity index (χ1v) is 9.22. The molecule has 0 bridgehead atoms. The summed E-state index contributed by atoms with van der Waals surface area (Å²) in [6.07, 6.45) is 3.28. The fourth-order valence-electron chi connectivity index (χ4n) is 4.50. The Bertz CT molecular complexity index is 805. The van der Waals surface area contributed by atoms with Crippen molar-refractivity contribution in [1.29, 1.82) is 0 Å². The van der Waals surface area contributed by atoms with E-state index in [9.17, 15) is 13.2 Å².